The molecule has 23 heavy (non-hydrogen) atoms. The van der Waals surface area contributed by atoms with Crippen molar-refractivity contribution in [3.8, 4) is 0 Å². The molecule has 0 fully saturated rings. The second kappa shape index (κ2) is 6.57. The molecule has 3 rings (SSSR count). The lowest BCUT2D eigenvalue weighted by Gasteiger charge is -2.33. The average molecular weight is 347 g/mol. The average Bonchev–Trinajstić information content (AvgIpc) is 3.14. The van der Waals surface area contributed by atoms with E-state index in [9.17, 15) is 4.79 Å². The van der Waals surface area contributed by atoms with Crippen molar-refractivity contribution in [2.24, 2.45) is 16.4 Å². The summed E-state index contributed by atoms with van der Waals surface area (Å²) >= 11 is 3.32. The lowest BCUT2D eigenvalue weighted by Crippen LogP contribution is -2.27. The van der Waals surface area contributed by atoms with Crippen LogP contribution in [0.2, 0.25) is 0 Å². The van der Waals surface area contributed by atoms with Crippen molar-refractivity contribution in [3.05, 3.63) is 43.8 Å². The highest BCUT2D eigenvalue weighted by atomic mass is 32.1. The van der Waals surface area contributed by atoms with E-state index >= 15 is 0 Å². The normalized spacial score (nSPS) is 18.1. The summed E-state index contributed by atoms with van der Waals surface area (Å²) in [6, 6.07) is 3.94. The van der Waals surface area contributed by atoms with E-state index in [2.05, 4.69) is 31.3 Å². The van der Waals surface area contributed by atoms with E-state index in [1.54, 1.807) is 28.9 Å². The molecule has 0 aromatic carbocycles. The molecular formula is C18H22N2OS2. The summed E-state index contributed by atoms with van der Waals surface area (Å²) in [6.45, 7) is 6.93. The van der Waals surface area contributed by atoms with Crippen molar-refractivity contribution >= 4 is 34.8 Å². The van der Waals surface area contributed by atoms with Gasteiger partial charge >= 0.3 is 0 Å². The SMILES string of the molecule is CC(C)(C)[C@@H]1CCc2c(C(=O)NN=Cc3cccs3)csc2C1. The van der Waals surface area contributed by atoms with Crippen LogP contribution < -0.4 is 5.43 Å². The Morgan fingerprint density at radius 2 is 2.22 bits per heavy atom. The number of nitrogens with one attached hydrogen (secondary N) is 1. The summed E-state index contributed by atoms with van der Waals surface area (Å²) in [6.07, 6.45) is 4.94. The van der Waals surface area contributed by atoms with Gasteiger partial charge in [0, 0.05) is 15.1 Å². The molecule has 122 valence electrons. The first kappa shape index (κ1) is 16.4. The number of hydrogen-bond acceptors (Lipinski definition) is 4. The molecule has 0 bridgehead atoms. The van der Waals surface area contributed by atoms with Gasteiger partial charge < -0.3 is 0 Å². The number of rotatable bonds is 3. The van der Waals surface area contributed by atoms with Gasteiger partial charge in [-0.3, -0.25) is 4.79 Å². The number of carbonyl (C=O) groups is 1. The van der Waals surface area contributed by atoms with E-state index in [0.717, 1.165) is 29.7 Å². The molecule has 1 atom stereocenters. The second-order valence-corrected chi connectivity index (χ2v) is 9.01. The third-order valence-corrected chi connectivity index (χ3v) is 6.38. The van der Waals surface area contributed by atoms with Crippen molar-refractivity contribution < 1.29 is 4.79 Å². The smallest absolute Gasteiger partial charge is 0.267 e. The summed E-state index contributed by atoms with van der Waals surface area (Å²) in [7, 11) is 0. The summed E-state index contributed by atoms with van der Waals surface area (Å²) in [5, 5.41) is 8.05. The lowest BCUT2D eigenvalue weighted by atomic mass is 9.72. The molecule has 2 aromatic heterocycles. The second-order valence-electron chi connectivity index (χ2n) is 7.07. The third-order valence-electron chi connectivity index (χ3n) is 4.53. The van der Waals surface area contributed by atoms with Crippen molar-refractivity contribution in [2.75, 3.05) is 0 Å². The van der Waals surface area contributed by atoms with E-state index in [1.165, 1.54) is 10.4 Å². The maximum absolute atomic E-state index is 12.4. The van der Waals surface area contributed by atoms with Crippen LogP contribution in [0.15, 0.2) is 28.0 Å². The number of nitrogens with zero attached hydrogens (tertiary/aromatic N) is 1. The monoisotopic (exact) mass is 346 g/mol. The first-order valence-electron chi connectivity index (χ1n) is 7.91. The van der Waals surface area contributed by atoms with Crippen molar-refractivity contribution in [1.82, 2.24) is 5.43 Å². The van der Waals surface area contributed by atoms with Crippen molar-refractivity contribution in [2.45, 2.75) is 40.0 Å². The summed E-state index contributed by atoms with van der Waals surface area (Å²) in [4.78, 5) is 14.8. The Hall–Kier alpha value is -1.46. The molecule has 1 amide bonds. The largest absolute Gasteiger partial charge is 0.272 e. The topological polar surface area (TPSA) is 41.5 Å². The number of hydrogen-bond donors (Lipinski definition) is 1. The molecule has 1 aliphatic carbocycles. The zero-order valence-electron chi connectivity index (χ0n) is 13.8. The molecule has 0 radical (unpaired) electrons. The standard InChI is InChI=1S/C18H22N2OS2/c1-18(2,3)12-6-7-14-15(11-23-16(14)9-12)17(21)20-19-10-13-5-4-8-22-13/h4-5,8,10-12H,6-7,9H2,1-3H3,(H,20,21)/t12-/m1/s1. The molecule has 0 unspecified atom stereocenters. The van der Waals surface area contributed by atoms with Crippen LogP contribution >= 0.6 is 22.7 Å². The van der Waals surface area contributed by atoms with Gasteiger partial charge in [-0.25, -0.2) is 5.43 Å². The molecule has 3 nitrogen and oxygen atoms in total. The first-order valence-corrected chi connectivity index (χ1v) is 9.67. The van der Waals surface area contributed by atoms with E-state index in [4.69, 9.17) is 0 Å². The maximum Gasteiger partial charge on any atom is 0.272 e. The van der Waals surface area contributed by atoms with Crippen LogP contribution in [-0.2, 0) is 12.8 Å². The van der Waals surface area contributed by atoms with Crippen molar-refractivity contribution in [3.63, 3.8) is 0 Å². The highest BCUT2D eigenvalue weighted by molar-refractivity contribution is 7.11. The minimum Gasteiger partial charge on any atom is -0.267 e. The van der Waals surface area contributed by atoms with Gasteiger partial charge in [-0.05, 0) is 47.6 Å². The molecule has 1 aliphatic rings. The molecule has 0 spiro atoms. The fourth-order valence-electron chi connectivity index (χ4n) is 3.02. The fourth-order valence-corrected chi connectivity index (χ4v) is 4.77. The van der Waals surface area contributed by atoms with Crippen LogP contribution in [0.5, 0.6) is 0 Å². The Labute approximate surface area is 145 Å². The highest BCUT2D eigenvalue weighted by Gasteiger charge is 2.31. The minimum atomic E-state index is -0.0930. The predicted octanol–water partition coefficient (Wildman–Crippen LogP) is 4.72. The predicted molar refractivity (Wildman–Crippen MR) is 98.7 cm³/mol. The Morgan fingerprint density at radius 3 is 2.91 bits per heavy atom. The summed E-state index contributed by atoms with van der Waals surface area (Å²) < 4.78 is 0. The van der Waals surface area contributed by atoms with E-state index in [0.29, 0.717) is 11.3 Å². The summed E-state index contributed by atoms with van der Waals surface area (Å²) in [5.41, 5.74) is 5.03. The highest BCUT2D eigenvalue weighted by Crippen LogP contribution is 2.40. The maximum atomic E-state index is 12.4. The van der Waals surface area contributed by atoms with Crippen LogP contribution in [0.25, 0.3) is 0 Å². The van der Waals surface area contributed by atoms with E-state index < -0.39 is 0 Å². The van der Waals surface area contributed by atoms with Gasteiger partial charge in [0.1, 0.15) is 0 Å². The van der Waals surface area contributed by atoms with Crippen molar-refractivity contribution in [1.29, 1.82) is 0 Å². The zero-order valence-corrected chi connectivity index (χ0v) is 15.4. The van der Waals surface area contributed by atoms with Gasteiger partial charge in [-0.15, -0.1) is 22.7 Å². The molecule has 0 saturated carbocycles. The number of carbonyl (C=O) groups excluding carboxylic acids is 1. The van der Waals surface area contributed by atoms with Gasteiger partial charge in [-0.2, -0.15) is 5.10 Å². The van der Waals surface area contributed by atoms with Crippen LogP contribution in [0.3, 0.4) is 0 Å². The van der Waals surface area contributed by atoms with Crippen LogP contribution in [0.1, 0.15) is 52.9 Å². The minimum absolute atomic E-state index is 0.0930. The number of thiophene rings is 2. The molecule has 0 aliphatic heterocycles. The van der Waals surface area contributed by atoms with Crippen LogP contribution in [-0.4, -0.2) is 12.1 Å². The van der Waals surface area contributed by atoms with Crippen LogP contribution in [0.4, 0.5) is 0 Å². The van der Waals surface area contributed by atoms with Crippen LogP contribution in [0, 0.1) is 11.3 Å². The third kappa shape index (κ3) is 3.72. The molecule has 1 N–H and O–H groups in total. The van der Waals surface area contributed by atoms with Gasteiger partial charge in [0.25, 0.3) is 5.91 Å². The van der Waals surface area contributed by atoms with E-state index in [1.807, 2.05) is 22.9 Å². The lowest BCUT2D eigenvalue weighted by molar-refractivity contribution is 0.0954. The van der Waals surface area contributed by atoms with Gasteiger partial charge in [0.15, 0.2) is 0 Å². The number of amides is 1. The number of fused-ring (bicyclic) bond motifs is 1. The Kier molecular flexibility index (Phi) is 4.69. The quantitative estimate of drug-likeness (QED) is 0.634. The fraction of sp³-hybridized carbons (Fsp3) is 0.444. The molecule has 5 heteroatoms. The molecule has 0 saturated heterocycles. The molecular weight excluding hydrogens is 324 g/mol. The first-order chi connectivity index (χ1) is 10.9. The Balaban J connectivity index is 1.68. The van der Waals surface area contributed by atoms with Gasteiger partial charge in [-0.1, -0.05) is 26.8 Å². The zero-order chi connectivity index (χ0) is 16.4. The molecule has 2 aromatic rings. The Bertz CT molecular complexity index is 708. The van der Waals surface area contributed by atoms with Gasteiger partial charge in [0.05, 0.1) is 11.8 Å². The molecule has 2 heterocycles. The Morgan fingerprint density at radius 1 is 1.39 bits per heavy atom. The number of hydrazone groups is 1. The summed E-state index contributed by atoms with van der Waals surface area (Å²) in [5.74, 6) is 0.603. The van der Waals surface area contributed by atoms with Gasteiger partial charge in [0.2, 0.25) is 0 Å². The van der Waals surface area contributed by atoms with E-state index in [-0.39, 0.29) is 5.91 Å².